The van der Waals surface area contributed by atoms with Crippen molar-refractivity contribution < 1.29 is 72.9 Å². The van der Waals surface area contributed by atoms with Gasteiger partial charge in [-0.25, -0.2) is 14.4 Å². The lowest BCUT2D eigenvalue weighted by molar-refractivity contribution is -0.277. The Hall–Kier alpha value is -5.20. The molecule has 2 aromatic rings. The number of amides is 1. The van der Waals surface area contributed by atoms with E-state index in [9.17, 15) is 49.2 Å². The van der Waals surface area contributed by atoms with Crippen LogP contribution in [0.5, 0.6) is 0 Å². The normalized spacial score (nSPS) is 30.8. The number of ether oxygens (including phenoxy) is 5. The number of carboxylic acid groups (broad SMARTS) is 1. The number of alkyl carbamates (subject to hydrolysis) is 1. The van der Waals surface area contributed by atoms with E-state index < -0.39 is 132 Å². The number of carbonyl (C=O) groups is 6. The lowest BCUT2D eigenvalue weighted by atomic mass is 9.46. The number of benzene rings is 2. The zero-order chi connectivity index (χ0) is 46.4. The number of carbonyl (C=O) groups excluding carboxylic acids is 5. The van der Waals surface area contributed by atoms with E-state index in [1.165, 1.54) is 33.0 Å². The Morgan fingerprint density at radius 2 is 1.57 bits per heavy atom. The molecule has 342 valence electrons. The van der Waals surface area contributed by atoms with Crippen LogP contribution in [-0.4, -0.2) is 136 Å². The molecule has 1 heterocycles. The van der Waals surface area contributed by atoms with Crippen molar-refractivity contribution in [2.45, 2.75) is 115 Å². The molecule has 11 atom stereocenters. The summed E-state index contributed by atoms with van der Waals surface area (Å²) < 4.78 is 29.7. The summed E-state index contributed by atoms with van der Waals surface area (Å²) in [6.07, 6.45) is -10.3. The van der Waals surface area contributed by atoms with Gasteiger partial charge in [0.1, 0.15) is 35.6 Å². The fourth-order valence-electron chi connectivity index (χ4n) is 9.90. The summed E-state index contributed by atoms with van der Waals surface area (Å²) in [4.78, 5) is 83.2. The molecule has 63 heavy (non-hydrogen) atoms. The first-order chi connectivity index (χ1) is 29.4. The van der Waals surface area contributed by atoms with Gasteiger partial charge < -0.3 is 49.4 Å². The van der Waals surface area contributed by atoms with Crippen molar-refractivity contribution in [3.63, 3.8) is 0 Å². The number of rotatable bonds is 12. The van der Waals surface area contributed by atoms with Crippen LogP contribution in [0.4, 0.5) is 4.79 Å². The van der Waals surface area contributed by atoms with Crippen LogP contribution in [0.25, 0.3) is 0 Å². The second-order valence-corrected chi connectivity index (χ2v) is 18.8. The predicted octanol–water partition coefficient (Wildman–Crippen LogP) is 3.14. The Bertz CT molecular complexity index is 2120. The summed E-state index contributed by atoms with van der Waals surface area (Å²) in [5.41, 5.74) is -6.00. The van der Waals surface area contributed by atoms with Gasteiger partial charge >= 0.3 is 30.0 Å². The van der Waals surface area contributed by atoms with Crippen molar-refractivity contribution in [3.8, 4) is 0 Å². The summed E-state index contributed by atoms with van der Waals surface area (Å²) in [7, 11) is 1.35. The fraction of sp³-hybridized carbons (Fsp3) is 0.565. The average Bonchev–Trinajstić information content (AvgIpc) is 3.19. The highest BCUT2D eigenvalue weighted by molar-refractivity contribution is 5.94. The van der Waals surface area contributed by atoms with Gasteiger partial charge in [0, 0.05) is 30.1 Å². The van der Waals surface area contributed by atoms with Crippen molar-refractivity contribution in [2.75, 3.05) is 26.7 Å². The number of nitrogens with one attached hydrogen (secondary N) is 1. The largest absolute Gasteiger partial charge is 0.480 e. The van der Waals surface area contributed by atoms with Gasteiger partial charge in [0.05, 0.1) is 42.9 Å². The first kappa shape index (κ1) is 47.3. The van der Waals surface area contributed by atoms with Gasteiger partial charge in [-0.2, -0.15) is 0 Å². The predicted molar refractivity (Wildman–Crippen MR) is 222 cm³/mol. The number of ketones is 1. The van der Waals surface area contributed by atoms with E-state index in [1.807, 2.05) is 0 Å². The zero-order valence-corrected chi connectivity index (χ0v) is 36.7. The zero-order valence-electron chi connectivity index (χ0n) is 36.7. The summed E-state index contributed by atoms with van der Waals surface area (Å²) >= 11 is 0. The van der Waals surface area contributed by atoms with Crippen LogP contribution in [0.15, 0.2) is 71.8 Å². The Morgan fingerprint density at radius 3 is 2.14 bits per heavy atom. The van der Waals surface area contributed by atoms with E-state index in [0.29, 0.717) is 0 Å². The molecule has 1 amide bonds. The van der Waals surface area contributed by atoms with E-state index >= 15 is 0 Å². The van der Waals surface area contributed by atoms with Gasteiger partial charge in [0.25, 0.3) is 0 Å². The van der Waals surface area contributed by atoms with Crippen molar-refractivity contribution in [1.82, 2.24) is 10.2 Å². The first-order valence-electron chi connectivity index (χ1n) is 21.0. The highest BCUT2D eigenvalue weighted by Gasteiger charge is 2.72. The highest BCUT2D eigenvalue weighted by atomic mass is 16.6. The van der Waals surface area contributed by atoms with Gasteiger partial charge in [-0.3, -0.25) is 19.3 Å². The SMILES string of the molecule is CC1=C2[C@@H](O)C(=O)[C@@]3(C)[C@@H]([C@@H]4CO[C@@H]4C[C@@H]3O)[C@H](OC(=O)c3ccccc3)[C@](O)(C[C@@H]1OC(=O)[C@H](OC(=O)CN(C)CC(=O)O)[C@@H](NC(=O)OC(C)(C)C)c1ccccc1)C2(C)C. The number of aliphatic hydroxyl groups is 3. The number of aliphatic hydroxyl groups excluding tert-OH is 2. The molecule has 0 unspecified atom stereocenters. The van der Waals surface area contributed by atoms with Crippen molar-refractivity contribution >= 4 is 35.8 Å². The molecule has 17 nitrogen and oxygen atoms in total. The van der Waals surface area contributed by atoms with Gasteiger partial charge in [0.2, 0.25) is 6.10 Å². The van der Waals surface area contributed by atoms with Gasteiger partial charge in [-0.1, -0.05) is 62.4 Å². The smallest absolute Gasteiger partial charge is 0.408 e. The van der Waals surface area contributed by atoms with E-state index in [4.69, 9.17) is 23.7 Å². The molecule has 3 aliphatic carbocycles. The summed E-state index contributed by atoms with van der Waals surface area (Å²) in [6, 6.07) is 14.6. The standard InChI is InChI=1S/C46H58N2O15/c1-24-29(60-41(56)37(61-32(52)22-48(8)21-31(50)51)35(25-15-11-9-12-16-25)47-42(57)63-43(2,3)4)20-46(58)39(62-40(55)26-17-13-10-14-18-26)34-27-23-59-28(27)19-30(49)45(34,7)38(54)36(53)33(24)44(46,5)6/h9-18,27-30,34-37,39,49,53,58H,19-23H2,1-8H3,(H,47,57)(H,50,51)/t27-,28-,29+,30+,34+,35+,36-,37-,39+,45-,46-/m1/s1. The molecule has 2 saturated carbocycles. The van der Waals surface area contributed by atoms with Crippen molar-refractivity contribution in [1.29, 1.82) is 0 Å². The van der Waals surface area contributed by atoms with Gasteiger partial charge in [-0.05, 0) is 70.5 Å². The summed E-state index contributed by atoms with van der Waals surface area (Å²) in [6.45, 7) is 10.0. The number of aliphatic carboxylic acids is 1. The third-order valence-electron chi connectivity index (χ3n) is 13.2. The summed E-state index contributed by atoms with van der Waals surface area (Å²) in [5.74, 6) is -6.76. The quantitative estimate of drug-likeness (QED) is 0.117. The molecule has 1 saturated heterocycles. The van der Waals surface area contributed by atoms with E-state index in [1.54, 1.807) is 83.1 Å². The Balaban J connectivity index is 1.47. The first-order valence-corrected chi connectivity index (χ1v) is 21.0. The molecular weight excluding hydrogens is 821 g/mol. The fourth-order valence-corrected chi connectivity index (χ4v) is 9.90. The van der Waals surface area contributed by atoms with Crippen molar-refractivity contribution in [3.05, 3.63) is 82.9 Å². The molecule has 4 aliphatic rings. The van der Waals surface area contributed by atoms with Crippen molar-refractivity contribution in [2.24, 2.45) is 22.7 Å². The number of carboxylic acids is 1. The minimum absolute atomic E-state index is 0.0333. The third-order valence-corrected chi connectivity index (χ3v) is 13.2. The molecule has 3 fully saturated rings. The number of nitrogens with zero attached hydrogens (tertiary/aromatic N) is 1. The molecule has 5 N–H and O–H groups in total. The van der Waals surface area contributed by atoms with Crippen LogP contribution in [0.1, 0.15) is 83.3 Å². The molecule has 6 rings (SSSR count). The molecule has 0 radical (unpaired) electrons. The molecule has 0 spiro atoms. The van der Waals surface area contributed by atoms with Crippen LogP contribution < -0.4 is 5.32 Å². The molecule has 1 aliphatic heterocycles. The van der Waals surface area contributed by atoms with E-state index in [0.717, 1.165) is 4.90 Å². The maximum atomic E-state index is 14.9. The second kappa shape index (κ2) is 17.8. The topological polar surface area (TPSA) is 245 Å². The van der Waals surface area contributed by atoms with Crippen LogP contribution in [0, 0.1) is 22.7 Å². The number of fused-ring (bicyclic) bond motifs is 5. The number of likely N-dealkylation sites (N-methyl/N-ethyl adjacent to an activating group) is 1. The molecule has 2 aromatic carbocycles. The van der Waals surface area contributed by atoms with Crippen LogP contribution in [-0.2, 0) is 42.9 Å². The average molecular weight is 879 g/mol. The van der Waals surface area contributed by atoms with Crippen LogP contribution >= 0.6 is 0 Å². The Labute approximate surface area is 365 Å². The number of esters is 3. The number of hydrogen-bond acceptors (Lipinski definition) is 15. The summed E-state index contributed by atoms with van der Waals surface area (Å²) in [5, 5.41) is 49.4. The highest BCUT2D eigenvalue weighted by Crippen LogP contribution is 2.62. The molecule has 0 aromatic heterocycles. The second-order valence-electron chi connectivity index (χ2n) is 18.8. The maximum Gasteiger partial charge on any atom is 0.408 e. The number of Topliss-reactive ketones (excluding diaryl/α,β-unsaturated/α-hetero) is 1. The van der Waals surface area contributed by atoms with Crippen LogP contribution in [0.3, 0.4) is 0 Å². The molecular formula is C46H58N2O15. The minimum atomic E-state index is -2.23. The third kappa shape index (κ3) is 9.11. The monoisotopic (exact) mass is 878 g/mol. The van der Waals surface area contributed by atoms with E-state index in [2.05, 4.69) is 5.32 Å². The van der Waals surface area contributed by atoms with Gasteiger partial charge in [-0.15, -0.1) is 0 Å². The minimum Gasteiger partial charge on any atom is -0.480 e. The molecule has 2 bridgehead atoms. The Morgan fingerprint density at radius 1 is 0.952 bits per heavy atom. The van der Waals surface area contributed by atoms with Gasteiger partial charge in [0.15, 0.2) is 5.78 Å². The lowest BCUT2D eigenvalue weighted by Crippen LogP contribution is -2.75. The number of hydrogen-bond donors (Lipinski definition) is 5. The molecule has 17 heteroatoms. The maximum absolute atomic E-state index is 14.9. The van der Waals surface area contributed by atoms with E-state index in [-0.39, 0.29) is 35.3 Å². The van der Waals surface area contributed by atoms with Crippen LogP contribution in [0.2, 0.25) is 0 Å². The Kier molecular flexibility index (Phi) is 13.3. The lowest BCUT2D eigenvalue weighted by Gasteiger charge is -2.64.